The fourth-order valence-electron chi connectivity index (χ4n) is 3.21. The van der Waals surface area contributed by atoms with Crippen molar-refractivity contribution in [2.75, 3.05) is 0 Å². The molecule has 0 radical (unpaired) electrons. The van der Waals surface area contributed by atoms with Crippen molar-refractivity contribution < 1.29 is 14.6 Å². The Balaban J connectivity index is 2.34. The molecule has 1 aliphatic heterocycles. The number of rotatable bonds is 0. The van der Waals surface area contributed by atoms with Crippen LogP contribution in [0, 0.1) is 5.92 Å². The van der Waals surface area contributed by atoms with Crippen LogP contribution in [-0.4, -0.2) is 22.3 Å². The van der Waals surface area contributed by atoms with Crippen molar-refractivity contribution in [1.82, 2.24) is 0 Å². The third-order valence-electron chi connectivity index (χ3n) is 4.25. The first-order chi connectivity index (χ1) is 6.98. The highest BCUT2D eigenvalue weighted by molar-refractivity contribution is 5.72. The number of hydrogen-bond acceptors (Lipinski definition) is 3. The zero-order valence-electron chi connectivity index (χ0n) is 9.58. The maximum Gasteiger partial charge on any atom is 0.306 e. The van der Waals surface area contributed by atoms with E-state index >= 15 is 0 Å². The van der Waals surface area contributed by atoms with E-state index in [1.807, 2.05) is 6.92 Å². The van der Waals surface area contributed by atoms with Gasteiger partial charge in [-0.3, -0.25) is 4.79 Å². The van der Waals surface area contributed by atoms with E-state index in [2.05, 4.69) is 6.92 Å². The zero-order chi connectivity index (χ0) is 11.1. The Bertz CT molecular complexity index is 272. The van der Waals surface area contributed by atoms with Crippen LogP contribution in [0.4, 0.5) is 0 Å². The minimum Gasteiger partial charge on any atom is -0.456 e. The SMILES string of the molecule is C[C@@H]1CCCC[C@@](C)(O)[C@@]12CCC(=O)O2. The molecule has 2 aliphatic rings. The molecule has 2 fully saturated rings. The Morgan fingerprint density at radius 1 is 1.40 bits per heavy atom. The summed E-state index contributed by atoms with van der Waals surface area (Å²) >= 11 is 0. The molecule has 1 heterocycles. The van der Waals surface area contributed by atoms with Gasteiger partial charge in [0.15, 0.2) is 0 Å². The molecule has 86 valence electrons. The van der Waals surface area contributed by atoms with Crippen molar-refractivity contribution in [2.24, 2.45) is 5.92 Å². The summed E-state index contributed by atoms with van der Waals surface area (Å²) in [6.45, 7) is 3.92. The van der Waals surface area contributed by atoms with Gasteiger partial charge < -0.3 is 9.84 Å². The molecule has 1 saturated heterocycles. The summed E-state index contributed by atoms with van der Waals surface area (Å²) in [5, 5.41) is 10.5. The van der Waals surface area contributed by atoms with Crippen molar-refractivity contribution >= 4 is 5.97 Å². The topological polar surface area (TPSA) is 46.5 Å². The third-order valence-corrected chi connectivity index (χ3v) is 4.25. The van der Waals surface area contributed by atoms with Gasteiger partial charge in [-0.1, -0.05) is 19.8 Å². The molecule has 3 atom stereocenters. The van der Waals surface area contributed by atoms with Crippen molar-refractivity contribution in [3.63, 3.8) is 0 Å². The molecule has 0 aromatic carbocycles. The number of carbonyl (C=O) groups is 1. The van der Waals surface area contributed by atoms with Crippen LogP contribution in [0.2, 0.25) is 0 Å². The summed E-state index contributed by atoms with van der Waals surface area (Å²) in [4.78, 5) is 11.3. The number of hydrogen-bond donors (Lipinski definition) is 1. The van der Waals surface area contributed by atoms with Crippen LogP contribution in [0.15, 0.2) is 0 Å². The fraction of sp³-hybridized carbons (Fsp3) is 0.917. The van der Waals surface area contributed by atoms with Crippen molar-refractivity contribution in [1.29, 1.82) is 0 Å². The number of carbonyl (C=O) groups excluding carboxylic acids is 1. The second-order valence-corrected chi connectivity index (χ2v) is 5.28. The molecule has 1 N–H and O–H groups in total. The van der Waals surface area contributed by atoms with E-state index in [1.54, 1.807) is 0 Å². The highest BCUT2D eigenvalue weighted by atomic mass is 16.6. The normalized spacial score (nSPS) is 46.6. The predicted molar refractivity (Wildman–Crippen MR) is 56.3 cm³/mol. The molecule has 15 heavy (non-hydrogen) atoms. The molecule has 0 amide bonds. The van der Waals surface area contributed by atoms with Crippen LogP contribution in [0.5, 0.6) is 0 Å². The van der Waals surface area contributed by atoms with Crippen LogP contribution < -0.4 is 0 Å². The Morgan fingerprint density at radius 2 is 2.13 bits per heavy atom. The van der Waals surface area contributed by atoms with Gasteiger partial charge in [0.05, 0.1) is 0 Å². The van der Waals surface area contributed by atoms with Gasteiger partial charge in [-0.25, -0.2) is 0 Å². The second kappa shape index (κ2) is 3.48. The Labute approximate surface area is 90.8 Å². The first kappa shape index (κ1) is 10.9. The summed E-state index contributed by atoms with van der Waals surface area (Å²) in [6, 6.07) is 0. The lowest BCUT2D eigenvalue weighted by Gasteiger charge is -2.43. The highest BCUT2D eigenvalue weighted by Gasteiger charge is 2.57. The standard InChI is InChI=1S/C12H20O3/c1-9-5-3-4-7-11(2,14)12(9)8-6-10(13)15-12/h9,14H,3-8H2,1-2H3/t9-,11-,12-/m1/s1. The minimum atomic E-state index is -0.852. The van der Waals surface area contributed by atoms with E-state index in [-0.39, 0.29) is 11.9 Å². The van der Waals surface area contributed by atoms with Gasteiger partial charge in [0, 0.05) is 12.8 Å². The van der Waals surface area contributed by atoms with E-state index in [0.29, 0.717) is 12.8 Å². The Morgan fingerprint density at radius 3 is 2.73 bits per heavy atom. The minimum absolute atomic E-state index is 0.149. The lowest BCUT2D eigenvalue weighted by molar-refractivity contribution is -0.189. The summed E-state index contributed by atoms with van der Waals surface area (Å²) < 4.78 is 5.51. The van der Waals surface area contributed by atoms with E-state index in [0.717, 1.165) is 25.7 Å². The molecule has 1 spiro atoms. The van der Waals surface area contributed by atoms with Crippen molar-refractivity contribution in [3.8, 4) is 0 Å². The van der Waals surface area contributed by atoms with Crippen LogP contribution in [0.1, 0.15) is 52.4 Å². The molecule has 1 saturated carbocycles. The average Bonchev–Trinajstić information content (AvgIpc) is 2.52. The van der Waals surface area contributed by atoms with E-state index < -0.39 is 11.2 Å². The van der Waals surface area contributed by atoms with Gasteiger partial charge in [-0.05, 0) is 25.7 Å². The number of ether oxygens (including phenoxy) is 1. The average molecular weight is 212 g/mol. The molecule has 0 aromatic rings. The quantitative estimate of drug-likeness (QED) is 0.625. The molecule has 3 heteroatoms. The van der Waals surface area contributed by atoms with Gasteiger partial charge in [-0.2, -0.15) is 0 Å². The molecule has 0 bridgehead atoms. The van der Waals surface area contributed by atoms with Crippen LogP contribution in [0.3, 0.4) is 0 Å². The lowest BCUT2D eigenvalue weighted by atomic mass is 9.72. The van der Waals surface area contributed by atoms with Crippen molar-refractivity contribution in [3.05, 3.63) is 0 Å². The summed E-state index contributed by atoms with van der Waals surface area (Å²) in [5.41, 5.74) is -1.46. The molecular formula is C12H20O3. The Kier molecular flexibility index (Phi) is 2.53. The molecule has 0 unspecified atom stereocenters. The van der Waals surface area contributed by atoms with Gasteiger partial charge in [0.25, 0.3) is 0 Å². The summed E-state index contributed by atoms with van der Waals surface area (Å²) in [6.07, 6.45) is 5.07. The van der Waals surface area contributed by atoms with Crippen LogP contribution >= 0.6 is 0 Å². The van der Waals surface area contributed by atoms with Crippen LogP contribution in [-0.2, 0) is 9.53 Å². The second-order valence-electron chi connectivity index (χ2n) is 5.28. The molecule has 1 aliphatic carbocycles. The molecule has 3 nitrogen and oxygen atoms in total. The third kappa shape index (κ3) is 1.57. The van der Waals surface area contributed by atoms with Gasteiger partial charge in [0.2, 0.25) is 0 Å². The highest BCUT2D eigenvalue weighted by Crippen LogP contribution is 2.48. The fourth-order valence-corrected chi connectivity index (χ4v) is 3.21. The summed E-state index contributed by atoms with van der Waals surface area (Å²) in [7, 11) is 0. The van der Waals surface area contributed by atoms with E-state index in [1.165, 1.54) is 0 Å². The summed E-state index contributed by atoms with van der Waals surface area (Å²) in [5.74, 6) is 0.116. The largest absolute Gasteiger partial charge is 0.456 e. The zero-order valence-corrected chi connectivity index (χ0v) is 9.58. The van der Waals surface area contributed by atoms with Crippen LogP contribution in [0.25, 0.3) is 0 Å². The van der Waals surface area contributed by atoms with E-state index in [9.17, 15) is 9.90 Å². The first-order valence-corrected chi connectivity index (χ1v) is 5.92. The lowest BCUT2D eigenvalue weighted by Crippen LogP contribution is -2.55. The molecule has 2 rings (SSSR count). The number of esters is 1. The molecular weight excluding hydrogens is 192 g/mol. The Hall–Kier alpha value is -0.570. The monoisotopic (exact) mass is 212 g/mol. The maximum absolute atomic E-state index is 11.3. The first-order valence-electron chi connectivity index (χ1n) is 5.92. The smallest absolute Gasteiger partial charge is 0.306 e. The molecule has 0 aromatic heterocycles. The van der Waals surface area contributed by atoms with E-state index in [4.69, 9.17) is 4.74 Å². The van der Waals surface area contributed by atoms with Gasteiger partial charge in [-0.15, -0.1) is 0 Å². The maximum atomic E-state index is 11.3. The van der Waals surface area contributed by atoms with Gasteiger partial charge >= 0.3 is 5.97 Å². The van der Waals surface area contributed by atoms with Crippen molar-refractivity contribution in [2.45, 2.75) is 63.6 Å². The number of aliphatic hydroxyl groups is 1. The predicted octanol–water partition coefficient (Wildman–Crippen LogP) is 2.02. The van der Waals surface area contributed by atoms with Gasteiger partial charge in [0.1, 0.15) is 11.2 Å².